The summed E-state index contributed by atoms with van der Waals surface area (Å²) in [6.07, 6.45) is 0. The minimum atomic E-state index is -1.69. The van der Waals surface area contributed by atoms with Crippen LogP contribution in [0.5, 0.6) is 0 Å². The third-order valence-corrected chi connectivity index (χ3v) is 16.5. The second kappa shape index (κ2) is 18.3. The van der Waals surface area contributed by atoms with Crippen molar-refractivity contribution in [2.45, 2.75) is 178 Å². The van der Waals surface area contributed by atoms with Crippen molar-refractivity contribution in [2.75, 3.05) is 0 Å². The molecule has 0 spiro atoms. The van der Waals surface area contributed by atoms with E-state index < -0.39 is 7.36 Å². The quantitative estimate of drug-likeness (QED) is 0.0720. The first-order valence-corrected chi connectivity index (χ1v) is 25.3. The van der Waals surface area contributed by atoms with E-state index in [9.17, 15) is 0 Å². The zero-order valence-electron chi connectivity index (χ0n) is 37.2. The van der Waals surface area contributed by atoms with E-state index in [0.717, 1.165) is 0 Å². The fourth-order valence-corrected chi connectivity index (χ4v) is 13.8. The number of benzene rings is 4. The minimum absolute atomic E-state index is 0.377. The summed E-state index contributed by atoms with van der Waals surface area (Å²) in [7, 11) is -0.433. The Bertz CT molecular complexity index is 1790. The SMILES string of the molecule is CC(C)c1cc(C(C)C)c(P=[Si](Cl)c2c(-c3c(C(C)C)cc(C(C)C)cc3C(C)C)cccc2-c2c(C(C)C)cc(C(C)C)cc2C(C)C)c(C(C)C)c1. The molecule has 54 heavy (non-hydrogen) atoms. The molecule has 0 heterocycles. The maximum atomic E-state index is 8.29. The van der Waals surface area contributed by atoms with E-state index >= 15 is 0 Å². The van der Waals surface area contributed by atoms with Gasteiger partial charge < -0.3 is 0 Å². The monoisotopic (exact) mass is 778 g/mol. The van der Waals surface area contributed by atoms with Gasteiger partial charge in [-0.05, 0) is 131 Å². The van der Waals surface area contributed by atoms with E-state index in [4.69, 9.17) is 11.1 Å². The molecule has 0 fully saturated rings. The van der Waals surface area contributed by atoms with Crippen molar-refractivity contribution >= 4 is 36.6 Å². The van der Waals surface area contributed by atoms with Gasteiger partial charge in [-0.2, -0.15) is 0 Å². The van der Waals surface area contributed by atoms with Crippen LogP contribution in [-0.2, 0) is 0 Å². The molecule has 4 aromatic carbocycles. The summed E-state index contributed by atoms with van der Waals surface area (Å²) in [5.74, 6) is 3.75. The third kappa shape index (κ3) is 9.44. The predicted octanol–water partition coefficient (Wildman–Crippen LogP) is 16.3. The fraction of sp³-hybridized carbons (Fsp3) is 0.529. The van der Waals surface area contributed by atoms with Crippen LogP contribution in [0.3, 0.4) is 0 Å². The standard InChI is InChI=1S/C51H72ClPSi/c1-28(2)37-22-42(31(7)8)48(43(23-37)32(9)10)40-20-19-21-41(49-44(33(11)12)24-38(29(3)4)25-45(49)34(13)14)51(40)54(52)53-50-46(35(15)16)26-39(30(5)6)27-47(50)36(17)18/h19-36H,1-18H3. The summed E-state index contributed by atoms with van der Waals surface area (Å²) >= 11 is 8.29. The van der Waals surface area contributed by atoms with Crippen molar-refractivity contribution < 1.29 is 0 Å². The lowest BCUT2D eigenvalue weighted by molar-refractivity contribution is 0.807. The van der Waals surface area contributed by atoms with Crippen LogP contribution in [0.1, 0.15) is 228 Å². The van der Waals surface area contributed by atoms with Crippen LogP contribution in [0.4, 0.5) is 0 Å². The van der Waals surface area contributed by atoms with E-state index in [1.54, 1.807) is 0 Å². The number of hydrogen-bond donors (Lipinski definition) is 0. The first kappa shape index (κ1) is 44.4. The molecule has 0 aromatic heterocycles. The summed E-state index contributed by atoms with van der Waals surface area (Å²) in [5.41, 5.74) is 18.5. The molecule has 292 valence electrons. The summed E-state index contributed by atoms with van der Waals surface area (Å²) in [5, 5.41) is 2.84. The van der Waals surface area contributed by atoms with Crippen molar-refractivity contribution in [1.29, 1.82) is 0 Å². The molecule has 0 bridgehead atoms. The van der Waals surface area contributed by atoms with Gasteiger partial charge in [-0.3, -0.25) is 0 Å². The number of hydrogen-bond acceptors (Lipinski definition) is 0. The Morgan fingerprint density at radius 2 is 0.648 bits per heavy atom. The van der Waals surface area contributed by atoms with E-state index in [1.807, 2.05) is 0 Å². The highest BCUT2D eigenvalue weighted by atomic mass is 35.6. The van der Waals surface area contributed by atoms with E-state index in [-0.39, 0.29) is 0 Å². The maximum absolute atomic E-state index is 8.29. The largest absolute Gasteiger partial charge is 0.193 e. The van der Waals surface area contributed by atoms with Gasteiger partial charge in [-0.15, -0.1) is 11.1 Å². The van der Waals surface area contributed by atoms with Crippen molar-refractivity contribution in [2.24, 2.45) is 0 Å². The fourth-order valence-electron chi connectivity index (χ4n) is 7.93. The van der Waals surface area contributed by atoms with Crippen LogP contribution in [0.25, 0.3) is 22.3 Å². The molecular weight excluding hydrogens is 707 g/mol. The van der Waals surface area contributed by atoms with Gasteiger partial charge in [-0.1, -0.05) is 187 Å². The first-order valence-electron chi connectivity index (χ1n) is 21.1. The molecule has 0 aliphatic rings. The topological polar surface area (TPSA) is 0 Å². The lowest BCUT2D eigenvalue weighted by Gasteiger charge is -2.28. The highest BCUT2D eigenvalue weighted by Crippen LogP contribution is 2.43. The molecule has 4 rings (SSSR count). The van der Waals surface area contributed by atoms with Gasteiger partial charge in [0.05, 0.1) is 0 Å². The summed E-state index contributed by atoms with van der Waals surface area (Å²) < 4.78 is 0. The van der Waals surface area contributed by atoms with Crippen LogP contribution in [0, 0.1) is 0 Å². The van der Waals surface area contributed by atoms with Crippen LogP contribution in [0.15, 0.2) is 54.6 Å². The molecule has 0 saturated heterocycles. The van der Waals surface area contributed by atoms with Crippen molar-refractivity contribution in [3.05, 3.63) is 105 Å². The van der Waals surface area contributed by atoms with E-state index in [0.29, 0.717) is 53.3 Å². The molecule has 0 amide bonds. The Labute approximate surface area is 339 Å². The van der Waals surface area contributed by atoms with Crippen LogP contribution >= 0.6 is 18.8 Å². The van der Waals surface area contributed by atoms with Gasteiger partial charge in [0, 0.05) is 5.30 Å². The van der Waals surface area contributed by atoms with Gasteiger partial charge >= 0.3 is 0 Å². The van der Waals surface area contributed by atoms with Crippen LogP contribution in [0.2, 0.25) is 0 Å². The maximum Gasteiger partial charge on any atom is 0.193 e. The molecule has 0 radical (unpaired) electrons. The second-order valence-corrected chi connectivity index (χ2v) is 24.4. The van der Waals surface area contributed by atoms with Crippen molar-refractivity contribution in [3.8, 4) is 22.3 Å². The van der Waals surface area contributed by atoms with E-state index in [1.165, 1.54) is 90.5 Å². The smallest absolute Gasteiger partial charge is 0.127 e. The molecule has 0 aliphatic carbocycles. The zero-order valence-corrected chi connectivity index (χ0v) is 39.9. The highest BCUT2D eigenvalue weighted by Gasteiger charge is 2.28. The molecule has 4 aromatic rings. The molecule has 3 heteroatoms. The minimum Gasteiger partial charge on any atom is -0.127 e. The highest BCUT2D eigenvalue weighted by molar-refractivity contribution is 7.69. The molecule has 0 aliphatic heterocycles. The van der Waals surface area contributed by atoms with Gasteiger partial charge in [0.25, 0.3) is 0 Å². The summed E-state index contributed by atoms with van der Waals surface area (Å²) in [6.45, 7) is 42.4. The van der Waals surface area contributed by atoms with Crippen LogP contribution in [-0.4, -0.2) is 7.36 Å². The number of rotatable bonds is 13. The summed E-state index contributed by atoms with van der Waals surface area (Å²) in [4.78, 5) is 0. The Morgan fingerprint density at radius 3 is 0.889 bits per heavy atom. The normalized spacial score (nSPS) is 12.9. The van der Waals surface area contributed by atoms with E-state index in [2.05, 4.69) is 179 Å². The second-order valence-electron chi connectivity index (χ2n) is 18.7. The van der Waals surface area contributed by atoms with Crippen LogP contribution < -0.4 is 10.5 Å². The molecule has 0 N–H and O–H groups in total. The molecule has 0 atom stereocenters. The molecule has 0 nitrogen and oxygen atoms in total. The Hall–Kier alpha value is -2.31. The summed E-state index contributed by atoms with van der Waals surface area (Å²) in [6, 6.07) is 22.2. The zero-order chi connectivity index (χ0) is 40.5. The van der Waals surface area contributed by atoms with Gasteiger partial charge in [0.15, 0.2) is 7.36 Å². The Morgan fingerprint density at radius 1 is 0.389 bits per heavy atom. The average Bonchev–Trinajstić information content (AvgIpc) is 3.09. The molecule has 0 saturated carbocycles. The Balaban J connectivity index is 2.34. The van der Waals surface area contributed by atoms with Gasteiger partial charge in [-0.25, -0.2) is 0 Å². The van der Waals surface area contributed by atoms with Crippen molar-refractivity contribution in [3.63, 3.8) is 0 Å². The van der Waals surface area contributed by atoms with Gasteiger partial charge in [0.1, 0.15) is 0 Å². The van der Waals surface area contributed by atoms with Gasteiger partial charge in [0.2, 0.25) is 0 Å². The van der Waals surface area contributed by atoms with Crippen molar-refractivity contribution in [1.82, 2.24) is 0 Å². The first-order chi connectivity index (χ1) is 25.2. The molecule has 0 unspecified atom stereocenters. The molecular formula is C51H72ClPSi. The lowest BCUT2D eigenvalue weighted by atomic mass is 9.79. The third-order valence-electron chi connectivity index (χ3n) is 11.4. The lowest BCUT2D eigenvalue weighted by Crippen LogP contribution is -2.25. The average molecular weight is 780 g/mol. The predicted molar refractivity (Wildman–Crippen MR) is 248 cm³/mol. The number of halogens is 1. The Kier molecular flexibility index (Phi) is 15.0.